The molecule has 0 amide bonds. The quantitative estimate of drug-likeness (QED) is 0.793. The maximum absolute atomic E-state index is 12.8. The number of piperidine rings is 2. The molecule has 1 aromatic carbocycles. The molecule has 0 N–H and O–H groups in total. The Bertz CT molecular complexity index is 487. The smallest absolute Gasteiger partial charge is 0.318 e. The fraction of sp³-hybridized carbons (Fsp3) is 0.588. The van der Waals surface area contributed by atoms with Crippen LogP contribution in [0.25, 0.3) is 0 Å². The highest BCUT2D eigenvalue weighted by molar-refractivity contribution is 5.85. The van der Waals surface area contributed by atoms with E-state index in [-0.39, 0.29) is 12.0 Å². The summed E-state index contributed by atoms with van der Waals surface area (Å²) in [6.45, 7) is 3.45. The maximum atomic E-state index is 12.8. The molecule has 3 fully saturated rings. The largest absolute Gasteiger partial charge is 0.465 e. The number of esters is 1. The van der Waals surface area contributed by atoms with Crippen LogP contribution in [0.1, 0.15) is 31.7 Å². The van der Waals surface area contributed by atoms with E-state index in [1.165, 1.54) is 6.42 Å². The minimum absolute atomic E-state index is 0.0348. The van der Waals surface area contributed by atoms with Gasteiger partial charge in [-0.05, 0) is 44.7 Å². The van der Waals surface area contributed by atoms with Crippen molar-refractivity contribution in [3.63, 3.8) is 0 Å². The lowest BCUT2D eigenvalue weighted by Crippen LogP contribution is -2.63. The van der Waals surface area contributed by atoms with Crippen LogP contribution in [0.2, 0.25) is 0 Å². The van der Waals surface area contributed by atoms with E-state index in [4.69, 9.17) is 4.74 Å². The molecule has 2 heterocycles. The Morgan fingerprint density at radius 2 is 2.10 bits per heavy atom. The van der Waals surface area contributed by atoms with Crippen LogP contribution in [0.5, 0.6) is 0 Å². The number of hydrogen-bond acceptors (Lipinski definition) is 3. The molecule has 0 spiro atoms. The summed E-state index contributed by atoms with van der Waals surface area (Å²) >= 11 is 0. The van der Waals surface area contributed by atoms with E-state index < -0.39 is 5.41 Å². The highest BCUT2D eigenvalue weighted by Gasteiger charge is 2.56. The van der Waals surface area contributed by atoms with Crippen LogP contribution in [0.15, 0.2) is 30.3 Å². The summed E-state index contributed by atoms with van der Waals surface area (Å²) in [5.41, 5.74) is 0.660. The van der Waals surface area contributed by atoms with Gasteiger partial charge in [0.25, 0.3) is 0 Å². The van der Waals surface area contributed by atoms with Gasteiger partial charge in [-0.2, -0.15) is 0 Å². The van der Waals surface area contributed by atoms with Gasteiger partial charge >= 0.3 is 5.97 Å². The Labute approximate surface area is 120 Å². The lowest BCUT2D eigenvalue weighted by atomic mass is 9.59. The van der Waals surface area contributed by atoms with Crippen LogP contribution < -0.4 is 0 Å². The number of carbonyl (C=O) groups is 1. The average Bonchev–Trinajstić information content (AvgIpc) is 2.48. The SMILES string of the molecule is CCOC(=O)[C@]1(c2ccccc2)C[C@@H]2CC[C@H]1N(C)C2. The fourth-order valence-corrected chi connectivity index (χ4v) is 4.26. The molecule has 1 saturated carbocycles. The Morgan fingerprint density at radius 1 is 1.35 bits per heavy atom. The fourth-order valence-electron chi connectivity index (χ4n) is 4.26. The topological polar surface area (TPSA) is 29.5 Å². The Hall–Kier alpha value is -1.35. The third-order valence-corrected chi connectivity index (χ3v) is 5.03. The average molecular weight is 273 g/mol. The summed E-state index contributed by atoms with van der Waals surface area (Å²) < 4.78 is 5.47. The van der Waals surface area contributed by atoms with Crippen LogP contribution in [0, 0.1) is 5.92 Å². The first-order valence-electron chi connectivity index (χ1n) is 7.61. The van der Waals surface area contributed by atoms with E-state index in [0.717, 1.165) is 24.9 Å². The second-order valence-electron chi connectivity index (χ2n) is 6.16. The van der Waals surface area contributed by atoms with Gasteiger partial charge in [-0.3, -0.25) is 4.79 Å². The molecule has 2 aliphatic heterocycles. The van der Waals surface area contributed by atoms with Crippen molar-refractivity contribution >= 4 is 5.97 Å². The van der Waals surface area contributed by atoms with E-state index in [0.29, 0.717) is 12.5 Å². The molecule has 4 rings (SSSR count). The molecule has 0 aromatic heterocycles. The van der Waals surface area contributed by atoms with Crippen molar-refractivity contribution in [3.05, 3.63) is 35.9 Å². The van der Waals surface area contributed by atoms with E-state index in [1.54, 1.807) is 0 Å². The number of carbonyl (C=O) groups excluding carboxylic acids is 1. The molecule has 0 radical (unpaired) electrons. The second kappa shape index (κ2) is 5.21. The molecule has 3 atom stereocenters. The molecule has 0 unspecified atom stereocenters. The molecule has 2 bridgehead atoms. The summed E-state index contributed by atoms with van der Waals surface area (Å²) in [5.74, 6) is 0.571. The normalized spacial score (nSPS) is 33.1. The van der Waals surface area contributed by atoms with Crippen molar-refractivity contribution in [3.8, 4) is 0 Å². The van der Waals surface area contributed by atoms with Crippen LogP contribution in [0.4, 0.5) is 0 Å². The van der Waals surface area contributed by atoms with Gasteiger partial charge in [-0.15, -0.1) is 0 Å². The molecule has 108 valence electrons. The van der Waals surface area contributed by atoms with Crippen molar-refractivity contribution in [2.24, 2.45) is 5.92 Å². The number of rotatable bonds is 3. The zero-order valence-corrected chi connectivity index (χ0v) is 12.3. The molecule has 2 saturated heterocycles. The van der Waals surface area contributed by atoms with E-state index in [9.17, 15) is 4.79 Å². The van der Waals surface area contributed by atoms with Crippen molar-refractivity contribution in [2.75, 3.05) is 20.2 Å². The van der Waals surface area contributed by atoms with Gasteiger partial charge in [-0.1, -0.05) is 30.3 Å². The summed E-state index contributed by atoms with van der Waals surface area (Å²) in [6, 6.07) is 10.5. The zero-order valence-electron chi connectivity index (χ0n) is 12.3. The van der Waals surface area contributed by atoms with Gasteiger partial charge < -0.3 is 9.64 Å². The van der Waals surface area contributed by atoms with E-state index >= 15 is 0 Å². The van der Waals surface area contributed by atoms with Crippen LogP contribution >= 0.6 is 0 Å². The number of ether oxygens (including phenoxy) is 1. The van der Waals surface area contributed by atoms with Gasteiger partial charge in [0.15, 0.2) is 0 Å². The van der Waals surface area contributed by atoms with Crippen LogP contribution in [-0.2, 0) is 14.9 Å². The van der Waals surface area contributed by atoms with Crippen LogP contribution in [-0.4, -0.2) is 37.1 Å². The summed E-state index contributed by atoms with van der Waals surface area (Å²) in [7, 11) is 2.15. The first-order chi connectivity index (χ1) is 9.68. The summed E-state index contributed by atoms with van der Waals surface area (Å²) in [5, 5.41) is 0. The molecule has 3 heteroatoms. The van der Waals surface area contributed by atoms with Crippen molar-refractivity contribution in [2.45, 2.75) is 37.6 Å². The van der Waals surface area contributed by atoms with E-state index in [1.807, 2.05) is 25.1 Å². The number of fused-ring (bicyclic) bond motifs is 3. The third-order valence-electron chi connectivity index (χ3n) is 5.03. The van der Waals surface area contributed by atoms with Crippen molar-refractivity contribution in [1.82, 2.24) is 4.90 Å². The van der Waals surface area contributed by atoms with Gasteiger partial charge in [0, 0.05) is 12.6 Å². The first-order valence-corrected chi connectivity index (χ1v) is 7.61. The number of likely N-dealkylation sites (N-methyl/N-ethyl adjacent to an activating group) is 1. The standard InChI is InChI=1S/C17H23NO2/c1-3-20-16(19)17(14-7-5-4-6-8-14)11-13-9-10-15(17)18(2)12-13/h4-8,13,15H,3,9-12H2,1-2H3/t13-,15+,17-/m0/s1. The molecule has 1 aromatic rings. The molecular weight excluding hydrogens is 250 g/mol. The Kier molecular flexibility index (Phi) is 3.55. The monoisotopic (exact) mass is 273 g/mol. The van der Waals surface area contributed by atoms with Gasteiger partial charge in [0.1, 0.15) is 5.41 Å². The van der Waals surface area contributed by atoms with Crippen molar-refractivity contribution in [1.29, 1.82) is 0 Å². The van der Waals surface area contributed by atoms with E-state index in [2.05, 4.69) is 24.1 Å². The summed E-state index contributed by atoms with van der Waals surface area (Å²) in [4.78, 5) is 15.2. The molecule has 1 aliphatic carbocycles. The number of nitrogens with zero attached hydrogens (tertiary/aromatic N) is 1. The highest BCUT2D eigenvalue weighted by atomic mass is 16.5. The third kappa shape index (κ3) is 1.96. The molecule has 3 nitrogen and oxygen atoms in total. The van der Waals surface area contributed by atoms with Gasteiger partial charge in [-0.25, -0.2) is 0 Å². The number of hydrogen-bond donors (Lipinski definition) is 0. The predicted octanol–water partition coefficient (Wildman–Crippen LogP) is 2.60. The minimum Gasteiger partial charge on any atom is -0.465 e. The lowest BCUT2D eigenvalue weighted by Gasteiger charge is -2.54. The second-order valence-corrected chi connectivity index (χ2v) is 6.16. The van der Waals surface area contributed by atoms with Gasteiger partial charge in [0.05, 0.1) is 6.61 Å². The highest BCUT2D eigenvalue weighted by Crippen LogP contribution is 2.49. The van der Waals surface area contributed by atoms with Crippen LogP contribution in [0.3, 0.4) is 0 Å². The van der Waals surface area contributed by atoms with Crippen molar-refractivity contribution < 1.29 is 9.53 Å². The maximum Gasteiger partial charge on any atom is 0.318 e. The van der Waals surface area contributed by atoms with Gasteiger partial charge in [0.2, 0.25) is 0 Å². The Balaban J connectivity index is 2.07. The first kappa shape index (κ1) is 13.6. The predicted molar refractivity (Wildman–Crippen MR) is 78.5 cm³/mol. The Morgan fingerprint density at radius 3 is 2.70 bits per heavy atom. The zero-order chi connectivity index (χ0) is 14.2. The summed E-state index contributed by atoms with van der Waals surface area (Å²) in [6.07, 6.45) is 3.27. The molecule has 20 heavy (non-hydrogen) atoms. The lowest BCUT2D eigenvalue weighted by molar-refractivity contribution is -0.160. The number of benzene rings is 1. The molecule has 3 aliphatic rings. The molecular formula is C17H23NO2. The minimum atomic E-state index is -0.465.